The number of aromatic nitrogens is 2. The summed E-state index contributed by atoms with van der Waals surface area (Å²) in [6.45, 7) is 2.78. The summed E-state index contributed by atoms with van der Waals surface area (Å²) in [5, 5.41) is 4.32. The van der Waals surface area contributed by atoms with E-state index >= 15 is 0 Å². The Morgan fingerprint density at radius 2 is 2.17 bits per heavy atom. The smallest absolute Gasteiger partial charge is 0.139 e. The van der Waals surface area contributed by atoms with Crippen molar-refractivity contribution in [1.29, 1.82) is 0 Å². The van der Waals surface area contributed by atoms with Crippen LogP contribution in [-0.2, 0) is 6.54 Å². The minimum atomic E-state index is 0.705. The highest BCUT2D eigenvalue weighted by atomic mass is 16.3. The van der Waals surface area contributed by atoms with Gasteiger partial charge in [-0.25, -0.2) is 4.98 Å². The van der Waals surface area contributed by atoms with Crippen LogP contribution in [0.4, 0.5) is 5.82 Å². The Balaban J connectivity index is 1.85. The van der Waals surface area contributed by atoms with Crippen LogP contribution in [0.5, 0.6) is 0 Å². The monoisotopic (exact) mass is 239 g/mol. The molecule has 0 unspecified atom stereocenters. The largest absolute Gasteiger partial charge is 0.464 e. The normalized spacial score (nSPS) is 10.7. The summed E-state index contributed by atoms with van der Waals surface area (Å²) in [4.78, 5) is 8.46. The zero-order valence-corrected chi connectivity index (χ0v) is 10.1. The highest BCUT2D eigenvalue weighted by Crippen LogP contribution is 2.22. The van der Waals surface area contributed by atoms with Gasteiger partial charge in [0.15, 0.2) is 0 Å². The number of nitrogens with zero attached hydrogens (tertiary/aromatic N) is 2. The third-order valence-electron chi connectivity index (χ3n) is 2.97. The van der Waals surface area contributed by atoms with E-state index in [-0.39, 0.29) is 0 Å². The van der Waals surface area contributed by atoms with Crippen LogP contribution in [-0.4, -0.2) is 9.97 Å². The average molecular weight is 239 g/mol. The van der Waals surface area contributed by atoms with Gasteiger partial charge in [0.1, 0.15) is 11.4 Å². The summed E-state index contributed by atoms with van der Waals surface area (Å²) in [7, 11) is 0. The maximum Gasteiger partial charge on any atom is 0.139 e. The van der Waals surface area contributed by atoms with Crippen LogP contribution in [0.3, 0.4) is 0 Å². The molecule has 0 aromatic carbocycles. The van der Waals surface area contributed by atoms with E-state index in [0.29, 0.717) is 6.54 Å². The zero-order valence-electron chi connectivity index (χ0n) is 10.1. The number of fused-ring (bicyclic) bond motifs is 1. The van der Waals surface area contributed by atoms with Gasteiger partial charge in [-0.3, -0.25) is 4.98 Å². The van der Waals surface area contributed by atoms with Gasteiger partial charge < -0.3 is 9.73 Å². The van der Waals surface area contributed by atoms with Gasteiger partial charge in [-0.05, 0) is 36.2 Å². The fraction of sp³-hybridized carbons (Fsp3) is 0.143. The minimum absolute atomic E-state index is 0.705. The van der Waals surface area contributed by atoms with Gasteiger partial charge in [0.2, 0.25) is 0 Å². The van der Waals surface area contributed by atoms with E-state index in [4.69, 9.17) is 4.42 Å². The molecular formula is C14H13N3O. The maximum atomic E-state index is 5.34. The fourth-order valence-corrected chi connectivity index (χ4v) is 1.90. The molecule has 0 saturated carbocycles. The number of anilines is 1. The van der Waals surface area contributed by atoms with Gasteiger partial charge in [-0.2, -0.15) is 0 Å². The second-order valence-corrected chi connectivity index (χ2v) is 4.15. The molecule has 90 valence electrons. The molecule has 0 amide bonds. The SMILES string of the molecule is Cc1ccncc1CNc1nccc2occc12. The number of hydrogen-bond donors (Lipinski definition) is 1. The molecule has 0 spiro atoms. The Kier molecular flexibility index (Phi) is 2.68. The lowest BCUT2D eigenvalue weighted by atomic mass is 10.1. The Labute approximate surface area is 105 Å². The number of rotatable bonds is 3. The Hall–Kier alpha value is -2.36. The van der Waals surface area contributed by atoms with E-state index < -0.39 is 0 Å². The molecule has 0 atom stereocenters. The lowest BCUT2D eigenvalue weighted by Crippen LogP contribution is -2.03. The average Bonchev–Trinajstić information content (AvgIpc) is 2.86. The Morgan fingerprint density at radius 1 is 1.22 bits per heavy atom. The quantitative estimate of drug-likeness (QED) is 0.762. The summed E-state index contributed by atoms with van der Waals surface area (Å²) in [6.07, 6.45) is 7.09. The molecular weight excluding hydrogens is 226 g/mol. The zero-order chi connectivity index (χ0) is 12.4. The third-order valence-corrected chi connectivity index (χ3v) is 2.97. The molecule has 3 heterocycles. The predicted octanol–water partition coefficient (Wildman–Crippen LogP) is 3.14. The second-order valence-electron chi connectivity index (χ2n) is 4.15. The highest BCUT2D eigenvalue weighted by Gasteiger charge is 2.05. The molecule has 3 rings (SSSR count). The van der Waals surface area contributed by atoms with E-state index in [9.17, 15) is 0 Å². The summed E-state index contributed by atoms with van der Waals surface area (Å²) in [6, 6.07) is 5.78. The predicted molar refractivity (Wildman–Crippen MR) is 70.3 cm³/mol. The first-order valence-corrected chi connectivity index (χ1v) is 5.80. The maximum absolute atomic E-state index is 5.34. The molecule has 3 aromatic heterocycles. The molecule has 18 heavy (non-hydrogen) atoms. The second kappa shape index (κ2) is 4.49. The first-order valence-electron chi connectivity index (χ1n) is 5.80. The first-order chi connectivity index (χ1) is 8.84. The van der Waals surface area contributed by atoms with Crippen molar-refractivity contribution < 1.29 is 4.42 Å². The van der Waals surface area contributed by atoms with Crippen molar-refractivity contribution in [3.05, 3.63) is 54.2 Å². The van der Waals surface area contributed by atoms with Crippen LogP contribution in [0, 0.1) is 6.92 Å². The van der Waals surface area contributed by atoms with Crippen LogP contribution in [0.15, 0.2) is 47.5 Å². The lowest BCUT2D eigenvalue weighted by molar-refractivity contribution is 0.615. The lowest BCUT2D eigenvalue weighted by Gasteiger charge is -2.08. The van der Waals surface area contributed by atoms with E-state index in [1.807, 2.05) is 24.4 Å². The number of furan rings is 1. The molecule has 0 aliphatic rings. The summed E-state index contributed by atoms with van der Waals surface area (Å²) in [5.74, 6) is 0.838. The standard InChI is InChI=1S/C14H13N3O/c1-10-2-5-15-8-11(10)9-17-14-12-4-7-18-13(12)3-6-16-14/h2-8H,9H2,1H3,(H,16,17). The minimum Gasteiger partial charge on any atom is -0.464 e. The van der Waals surface area contributed by atoms with Crippen molar-refractivity contribution >= 4 is 16.8 Å². The number of aryl methyl sites for hydroxylation is 1. The van der Waals surface area contributed by atoms with Crippen molar-refractivity contribution in [2.24, 2.45) is 0 Å². The highest BCUT2D eigenvalue weighted by molar-refractivity contribution is 5.87. The summed E-state index contributed by atoms with van der Waals surface area (Å²) < 4.78 is 5.34. The van der Waals surface area contributed by atoms with Gasteiger partial charge in [0, 0.05) is 25.1 Å². The Morgan fingerprint density at radius 3 is 3.06 bits per heavy atom. The molecule has 0 aliphatic carbocycles. The number of nitrogens with one attached hydrogen (secondary N) is 1. The molecule has 4 nitrogen and oxygen atoms in total. The fourth-order valence-electron chi connectivity index (χ4n) is 1.90. The van der Waals surface area contributed by atoms with Crippen LogP contribution in [0.2, 0.25) is 0 Å². The molecule has 0 radical (unpaired) electrons. The Bertz CT molecular complexity index is 675. The molecule has 4 heteroatoms. The third kappa shape index (κ3) is 1.93. The van der Waals surface area contributed by atoms with E-state index in [2.05, 4.69) is 22.2 Å². The molecule has 1 N–H and O–H groups in total. The van der Waals surface area contributed by atoms with Gasteiger partial charge in [0.25, 0.3) is 0 Å². The summed E-state index contributed by atoms with van der Waals surface area (Å²) >= 11 is 0. The van der Waals surface area contributed by atoms with E-state index in [0.717, 1.165) is 16.8 Å². The van der Waals surface area contributed by atoms with Crippen LogP contribution in [0.25, 0.3) is 11.0 Å². The van der Waals surface area contributed by atoms with Crippen molar-refractivity contribution in [2.75, 3.05) is 5.32 Å². The number of hydrogen-bond acceptors (Lipinski definition) is 4. The van der Waals surface area contributed by atoms with Crippen molar-refractivity contribution in [2.45, 2.75) is 13.5 Å². The van der Waals surface area contributed by atoms with Gasteiger partial charge in [0.05, 0.1) is 11.6 Å². The van der Waals surface area contributed by atoms with Crippen molar-refractivity contribution in [3.63, 3.8) is 0 Å². The van der Waals surface area contributed by atoms with Crippen molar-refractivity contribution in [1.82, 2.24) is 9.97 Å². The first kappa shape index (κ1) is 10.8. The molecule has 3 aromatic rings. The molecule has 0 aliphatic heterocycles. The molecule has 0 fully saturated rings. The molecule has 0 saturated heterocycles. The summed E-state index contributed by atoms with van der Waals surface area (Å²) in [5.41, 5.74) is 3.23. The molecule has 0 bridgehead atoms. The van der Waals surface area contributed by atoms with Crippen molar-refractivity contribution in [3.8, 4) is 0 Å². The van der Waals surface area contributed by atoms with Gasteiger partial charge in [-0.1, -0.05) is 0 Å². The number of pyridine rings is 2. The van der Waals surface area contributed by atoms with E-state index in [1.165, 1.54) is 11.1 Å². The van der Waals surface area contributed by atoms with Crippen LogP contribution < -0.4 is 5.32 Å². The van der Waals surface area contributed by atoms with E-state index in [1.54, 1.807) is 18.7 Å². The van der Waals surface area contributed by atoms with Gasteiger partial charge in [-0.15, -0.1) is 0 Å². The van der Waals surface area contributed by atoms with Crippen LogP contribution >= 0.6 is 0 Å². The topological polar surface area (TPSA) is 51.0 Å². The van der Waals surface area contributed by atoms with Crippen LogP contribution in [0.1, 0.15) is 11.1 Å². The van der Waals surface area contributed by atoms with Gasteiger partial charge >= 0.3 is 0 Å².